The Morgan fingerprint density at radius 3 is 2.59 bits per heavy atom. The van der Waals surface area contributed by atoms with Crippen molar-refractivity contribution in [1.29, 1.82) is 0 Å². The van der Waals surface area contributed by atoms with Crippen LogP contribution in [0.1, 0.15) is 36.0 Å². The lowest BCUT2D eigenvalue weighted by molar-refractivity contribution is 0.0600. The van der Waals surface area contributed by atoms with Crippen molar-refractivity contribution in [3.8, 4) is 11.5 Å². The van der Waals surface area contributed by atoms with Crippen molar-refractivity contribution in [2.45, 2.75) is 25.7 Å². The second kappa shape index (κ2) is 8.63. The van der Waals surface area contributed by atoms with Crippen molar-refractivity contribution in [3.05, 3.63) is 23.8 Å². The summed E-state index contributed by atoms with van der Waals surface area (Å²) >= 11 is 0. The molecule has 1 aliphatic rings. The van der Waals surface area contributed by atoms with Gasteiger partial charge in [0.25, 0.3) is 0 Å². The number of methoxy groups -OCH3 is 2. The van der Waals surface area contributed by atoms with Crippen LogP contribution >= 0.6 is 0 Å². The second-order valence-electron chi connectivity index (χ2n) is 5.46. The standard InChI is InChI=1S/C17H25NO4/c1-20-16-13-14(17(19)21-2)7-8-15(16)22-12-6-11-18-9-4-3-5-10-18/h7-8,13H,3-6,9-12H2,1-2H3. The fourth-order valence-corrected chi connectivity index (χ4v) is 2.68. The number of hydrogen-bond acceptors (Lipinski definition) is 5. The average Bonchev–Trinajstić information content (AvgIpc) is 2.59. The number of likely N-dealkylation sites (tertiary alicyclic amines) is 1. The molecular weight excluding hydrogens is 282 g/mol. The van der Waals surface area contributed by atoms with E-state index in [2.05, 4.69) is 4.90 Å². The van der Waals surface area contributed by atoms with Gasteiger partial charge in [-0.2, -0.15) is 0 Å². The van der Waals surface area contributed by atoms with Gasteiger partial charge in [0.2, 0.25) is 0 Å². The van der Waals surface area contributed by atoms with E-state index in [0.717, 1.165) is 13.0 Å². The summed E-state index contributed by atoms with van der Waals surface area (Å²) in [5.74, 6) is 0.838. The number of esters is 1. The van der Waals surface area contributed by atoms with E-state index in [0.29, 0.717) is 23.7 Å². The largest absolute Gasteiger partial charge is 0.493 e. The van der Waals surface area contributed by atoms with Gasteiger partial charge in [0, 0.05) is 6.54 Å². The molecule has 0 atom stereocenters. The number of carbonyl (C=O) groups excluding carboxylic acids is 1. The SMILES string of the molecule is COC(=O)c1ccc(OCCCN2CCCCC2)c(OC)c1. The summed E-state index contributed by atoms with van der Waals surface area (Å²) in [6, 6.07) is 5.09. The minimum absolute atomic E-state index is 0.380. The maximum atomic E-state index is 11.5. The summed E-state index contributed by atoms with van der Waals surface area (Å²) in [5.41, 5.74) is 0.458. The van der Waals surface area contributed by atoms with Gasteiger partial charge in [-0.05, 0) is 50.6 Å². The molecule has 0 radical (unpaired) electrons. The third-order valence-electron chi connectivity index (χ3n) is 3.91. The molecule has 122 valence electrons. The van der Waals surface area contributed by atoms with Crippen LogP contribution in [0.3, 0.4) is 0 Å². The van der Waals surface area contributed by atoms with E-state index in [1.54, 1.807) is 25.3 Å². The topological polar surface area (TPSA) is 48.0 Å². The molecule has 0 aromatic heterocycles. The van der Waals surface area contributed by atoms with Crippen LogP contribution in [0.2, 0.25) is 0 Å². The summed E-state index contributed by atoms with van der Waals surface area (Å²) in [6.07, 6.45) is 4.96. The molecule has 5 heteroatoms. The Labute approximate surface area is 132 Å². The van der Waals surface area contributed by atoms with E-state index in [1.165, 1.54) is 39.5 Å². The predicted octanol–water partition coefficient (Wildman–Crippen LogP) is 2.74. The van der Waals surface area contributed by atoms with Crippen LogP contribution in [-0.2, 0) is 4.74 Å². The smallest absolute Gasteiger partial charge is 0.337 e. The Bertz CT molecular complexity index is 484. The molecule has 0 bridgehead atoms. The van der Waals surface area contributed by atoms with E-state index >= 15 is 0 Å². The Balaban J connectivity index is 1.82. The molecule has 1 aliphatic heterocycles. The third kappa shape index (κ3) is 4.63. The number of nitrogens with zero attached hydrogens (tertiary/aromatic N) is 1. The number of hydrogen-bond donors (Lipinski definition) is 0. The highest BCUT2D eigenvalue weighted by molar-refractivity contribution is 5.90. The molecular formula is C17H25NO4. The van der Waals surface area contributed by atoms with E-state index in [-0.39, 0.29) is 5.97 Å². The van der Waals surface area contributed by atoms with E-state index < -0.39 is 0 Å². The maximum absolute atomic E-state index is 11.5. The quantitative estimate of drug-likeness (QED) is 0.572. The first-order valence-electron chi connectivity index (χ1n) is 7.86. The van der Waals surface area contributed by atoms with Crippen molar-refractivity contribution in [2.24, 2.45) is 0 Å². The lowest BCUT2D eigenvalue weighted by atomic mass is 10.1. The normalized spacial score (nSPS) is 15.4. The molecule has 0 saturated carbocycles. The summed E-state index contributed by atoms with van der Waals surface area (Å²) in [5, 5.41) is 0. The van der Waals surface area contributed by atoms with E-state index in [1.807, 2.05) is 0 Å². The predicted molar refractivity (Wildman–Crippen MR) is 84.7 cm³/mol. The Morgan fingerprint density at radius 1 is 1.14 bits per heavy atom. The lowest BCUT2D eigenvalue weighted by Gasteiger charge is -2.26. The van der Waals surface area contributed by atoms with Crippen LogP contribution in [0.4, 0.5) is 0 Å². The molecule has 1 fully saturated rings. The molecule has 22 heavy (non-hydrogen) atoms. The summed E-state index contributed by atoms with van der Waals surface area (Å²) in [7, 11) is 2.93. The highest BCUT2D eigenvalue weighted by atomic mass is 16.5. The first-order valence-corrected chi connectivity index (χ1v) is 7.86. The summed E-state index contributed by atoms with van der Waals surface area (Å²) in [4.78, 5) is 14.0. The van der Waals surface area contributed by atoms with Gasteiger partial charge in [0.1, 0.15) is 0 Å². The highest BCUT2D eigenvalue weighted by Gasteiger charge is 2.12. The monoisotopic (exact) mass is 307 g/mol. The Morgan fingerprint density at radius 2 is 1.91 bits per heavy atom. The van der Waals surface area contributed by atoms with E-state index in [9.17, 15) is 4.79 Å². The minimum atomic E-state index is -0.380. The van der Waals surface area contributed by atoms with Crippen molar-refractivity contribution < 1.29 is 19.0 Å². The van der Waals surface area contributed by atoms with Crippen molar-refractivity contribution >= 4 is 5.97 Å². The first-order chi connectivity index (χ1) is 10.7. The van der Waals surface area contributed by atoms with Crippen LogP contribution in [0.5, 0.6) is 11.5 Å². The number of carbonyl (C=O) groups is 1. The molecule has 2 rings (SSSR count). The van der Waals surface area contributed by atoms with Gasteiger partial charge >= 0.3 is 5.97 Å². The fourth-order valence-electron chi connectivity index (χ4n) is 2.68. The average molecular weight is 307 g/mol. The first kappa shape index (κ1) is 16.6. The molecule has 0 unspecified atom stereocenters. The van der Waals surface area contributed by atoms with Crippen molar-refractivity contribution in [3.63, 3.8) is 0 Å². The molecule has 1 aromatic carbocycles. The van der Waals surface area contributed by atoms with Gasteiger partial charge in [-0.15, -0.1) is 0 Å². The summed E-state index contributed by atoms with van der Waals surface area (Å²) < 4.78 is 15.8. The lowest BCUT2D eigenvalue weighted by Crippen LogP contribution is -2.31. The van der Waals surface area contributed by atoms with Crippen LogP contribution in [0, 0.1) is 0 Å². The van der Waals surface area contributed by atoms with Crippen molar-refractivity contribution in [1.82, 2.24) is 4.90 Å². The molecule has 0 N–H and O–H groups in total. The van der Waals surface area contributed by atoms with Gasteiger partial charge in [-0.1, -0.05) is 6.42 Å². The van der Waals surface area contributed by atoms with Gasteiger partial charge in [0.15, 0.2) is 11.5 Å². The molecule has 0 amide bonds. The maximum Gasteiger partial charge on any atom is 0.337 e. The van der Waals surface area contributed by atoms with Crippen LogP contribution < -0.4 is 9.47 Å². The second-order valence-corrected chi connectivity index (χ2v) is 5.46. The van der Waals surface area contributed by atoms with Crippen LogP contribution in [-0.4, -0.2) is 51.3 Å². The Hall–Kier alpha value is -1.75. The van der Waals surface area contributed by atoms with Gasteiger partial charge < -0.3 is 19.1 Å². The highest BCUT2D eigenvalue weighted by Crippen LogP contribution is 2.28. The summed E-state index contributed by atoms with van der Waals surface area (Å²) in [6.45, 7) is 4.13. The Kier molecular flexibility index (Phi) is 6.52. The number of benzene rings is 1. The minimum Gasteiger partial charge on any atom is -0.493 e. The zero-order valence-corrected chi connectivity index (χ0v) is 13.5. The zero-order chi connectivity index (χ0) is 15.8. The van der Waals surface area contributed by atoms with Gasteiger partial charge in [-0.3, -0.25) is 0 Å². The number of ether oxygens (including phenoxy) is 3. The number of rotatable bonds is 7. The van der Waals surface area contributed by atoms with Crippen molar-refractivity contribution in [2.75, 3.05) is 40.5 Å². The molecule has 0 spiro atoms. The molecule has 1 aromatic rings. The van der Waals surface area contributed by atoms with E-state index in [4.69, 9.17) is 14.2 Å². The van der Waals surface area contributed by atoms with Crippen LogP contribution in [0.15, 0.2) is 18.2 Å². The van der Waals surface area contributed by atoms with Gasteiger partial charge in [0.05, 0.1) is 26.4 Å². The number of piperidine rings is 1. The van der Waals surface area contributed by atoms with Gasteiger partial charge in [-0.25, -0.2) is 4.79 Å². The molecule has 5 nitrogen and oxygen atoms in total. The fraction of sp³-hybridized carbons (Fsp3) is 0.588. The molecule has 1 heterocycles. The van der Waals surface area contributed by atoms with Crippen LogP contribution in [0.25, 0.3) is 0 Å². The molecule has 0 aliphatic carbocycles. The zero-order valence-electron chi connectivity index (χ0n) is 13.5. The molecule has 1 saturated heterocycles. The third-order valence-corrected chi connectivity index (χ3v) is 3.91.